The molecule has 0 amide bonds. The van der Waals surface area contributed by atoms with Crippen LogP contribution in [-0.2, 0) is 0 Å². The molecular weight excluding hydrogens is 244 g/mol. The summed E-state index contributed by atoms with van der Waals surface area (Å²) in [5, 5.41) is 10.1. The van der Waals surface area contributed by atoms with Crippen LogP contribution >= 0.6 is 0 Å². The van der Waals surface area contributed by atoms with Crippen LogP contribution in [0, 0.1) is 21.7 Å². The fraction of sp³-hybridized carbons (Fsp3) is 0. The SMILES string of the molecule is O=[N+]([O-])C=Cc1ccc(-c2ccc(F)cc2F)o1. The van der Waals surface area contributed by atoms with E-state index in [4.69, 9.17) is 4.42 Å². The third kappa shape index (κ3) is 2.60. The van der Waals surface area contributed by atoms with Gasteiger partial charge >= 0.3 is 0 Å². The standard InChI is InChI=1S/C12H7F2NO3/c13-8-1-3-10(11(14)7-8)12-4-2-9(18-12)5-6-15(16)17/h1-7H. The molecule has 92 valence electrons. The van der Waals surface area contributed by atoms with Crippen molar-refractivity contribution in [1.29, 1.82) is 0 Å². The quantitative estimate of drug-likeness (QED) is 0.619. The van der Waals surface area contributed by atoms with Crippen molar-refractivity contribution in [2.24, 2.45) is 0 Å². The molecule has 0 bridgehead atoms. The van der Waals surface area contributed by atoms with Crippen LogP contribution in [-0.4, -0.2) is 4.92 Å². The largest absolute Gasteiger partial charge is 0.456 e. The highest BCUT2D eigenvalue weighted by molar-refractivity contribution is 5.60. The smallest absolute Gasteiger partial charge is 0.238 e. The van der Waals surface area contributed by atoms with E-state index in [1.165, 1.54) is 18.2 Å². The van der Waals surface area contributed by atoms with Crippen LogP contribution in [0.4, 0.5) is 8.78 Å². The van der Waals surface area contributed by atoms with Crippen molar-refractivity contribution in [3.8, 4) is 11.3 Å². The van der Waals surface area contributed by atoms with Crippen LogP contribution in [0.1, 0.15) is 5.76 Å². The fourth-order valence-corrected chi connectivity index (χ4v) is 1.41. The minimum absolute atomic E-state index is 0.0946. The summed E-state index contributed by atoms with van der Waals surface area (Å²) in [4.78, 5) is 9.48. The fourth-order valence-electron chi connectivity index (χ4n) is 1.41. The molecule has 0 radical (unpaired) electrons. The first-order valence-corrected chi connectivity index (χ1v) is 4.93. The first kappa shape index (κ1) is 12.0. The zero-order valence-electron chi connectivity index (χ0n) is 8.97. The molecule has 1 aromatic carbocycles. The molecule has 1 aromatic heterocycles. The monoisotopic (exact) mass is 251 g/mol. The molecule has 0 aliphatic rings. The molecule has 6 heteroatoms. The second kappa shape index (κ2) is 4.79. The van der Waals surface area contributed by atoms with E-state index in [-0.39, 0.29) is 17.1 Å². The molecule has 2 rings (SSSR count). The molecule has 0 saturated carbocycles. The molecule has 0 aliphatic carbocycles. The Bertz CT molecular complexity index is 620. The maximum Gasteiger partial charge on any atom is 0.238 e. The van der Waals surface area contributed by atoms with Gasteiger partial charge in [-0.25, -0.2) is 8.78 Å². The molecule has 0 fully saturated rings. The summed E-state index contributed by atoms with van der Waals surface area (Å²) in [7, 11) is 0. The number of furan rings is 1. The lowest BCUT2D eigenvalue weighted by Gasteiger charge is -1.98. The van der Waals surface area contributed by atoms with Gasteiger partial charge in [-0.3, -0.25) is 10.1 Å². The van der Waals surface area contributed by atoms with Crippen LogP contribution in [0.25, 0.3) is 17.4 Å². The van der Waals surface area contributed by atoms with E-state index in [0.29, 0.717) is 6.20 Å². The molecule has 1 heterocycles. The summed E-state index contributed by atoms with van der Waals surface area (Å²) < 4.78 is 31.3. The molecule has 18 heavy (non-hydrogen) atoms. The summed E-state index contributed by atoms with van der Waals surface area (Å²) in [5.74, 6) is -1.05. The van der Waals surface area contributed by atoms with E-state index in [0.717, 1.165) is 18.2 Å². The highest BCUT2D eigenvalue weighted by Gasteiger charge is 2.10. The van der Waals surface area contributed by atoms with E-state index in [1.807, 2.05) is 0 Å². The Kier molecular flexibility index (Phi) is 3.18. The molecule has 0 saturated heterocycles. The van der Waals surface area contributed by atoms with Gasteiger partial charge < -0.3 is 4.42 Å². The Balaban J connectivity index is 2.32. The van der Waals surface area contributed by atoms with Crippen molar-refractivity contribution in [3.05, 3.63) is 64.0 Å². The Labute approximate surface area is 100 Å². The average Bonchev–Trinajstić information content (AvgIpc) is 2.75. The normalized spacial score (nSPS) is 11.0. The zero-order valence-corrected chi connectivity index (χ0v) is 8.97. The average molecular weight is 251 g/mol. The summed E-state index contributed by atoms with van der Waals surface area (Å²) in [6.45, 7) is 0. The topological polar surface area (TPSA) is 56.3 Å². The Hall–Kier alpha value is -2.50. The van der Waals surface area contributed by atoms with Crippen molar-refractivity contribution in [3.63, 3.8) is 0 Å². The maximum atomic E-state index is 13.4. The Morgan fingerprint density at radius 3 is 2.67 bits per heavy atom. The third-order valence-corrected chi connectivity index (χ3v) is 2.18. The minimum Gasteiger partial charge on any atom is -0.456 e. The van der Waals surface area contributed by atoms with Gasteiger partial charge in [0.05, 0.1) is 16.6 Å². The van der Waals surface area contributed by atoms with Gasteiger partial charge in [0.15, 0.2) is 0 Å². The Morgan fingerprint density at radius 2 is 2.00 bits per heavy atom. The molecular formula is C12H7F2NO3. The molecule has 0 atom stereocenters. The van der Waals surface area contributed by atoms with Gasteiger partial charge in [-0.05, 0) is 24.3 Å². The molecule has 0 aliphatic heterocycles. The number of halogens is 2. The van der Waals surface area contributed by atoms with E-state index >= 15 is 0 Å². The third-order valence-electron chi connectivity index (χ3n) is 2.18. The van der Waals surface area contributed by atoms with Crippen molar-refractivity contribution in [2.45, 2.75) is 0 Å². The number of hydrogen-bond donors (Lipinski definition) is 0. The van der Waals surface area contributed by atoms with Crippen molar-refractivity contribution >= 4 is 6.08 Å². The van der Waals surface area contributed by atoms with E-state index < -0.39 is 16.6 Å². The van der Waals surface area contributed by atoms with Crippen LogP contribution in [0.3, 0.4) is 0 Å². The van der Waals surface area contributed by atoms with Gasteiger partial charge in [-0.1, -0.05) is 0 Å². The van der Waals surface area contributed by atoms with E-state index in [2.05, 4.69) is 0 Å². The van der Waals surface area contributed by atoms with Crippen LogP contribution < -0.4 is 0 Å². The van der Waals surface area contributed by atoms with Crippen LogP contribution in [0.2, 0.25) is 0 Å². The molecule has 2 aromatic rings. The van der Waals surface area contributed by atoms with Crippen LogP contribution in [0.5, 0.6) is 0 Å². The second-order valence-electron chi connectivity index (χ2n) is 3.43. The number of hydrogen-bond acceptors (Lipinski definition) is 3. The van der Waals surface area contributed by atoms with E-state index in [1.54, 1.807) is 0 Å². The lowest BCUT2D eigenvalue weighted by atomic mass is 10.1. The highest BCUT2D eigenvalue weighted by atomic mass is 19.1. The first-order chi connectivity index (χ1) is 8.56. The summed E-state index contributed by atoms with van der Waals surface area (Å²) in [6, 6.07) is 6.00. The van der Waals surface area contributed by atoms with Gasteiger partial charge in [0.1, 0.15) is 23.2 Å². The summed E-state index contributed by atoms with van der Waals surface area (Å²) in [6.07, 6.45) is 1.86. The van der Waals surface area contributed by atoms with Crippen LogP contribution in [0.15, 0.2) is 40.9 Å². The highest BCUT2D eigenvalue weighted by Crippen LogP contribution is 2.25. The number of nitrogens with zero attached hydrogens (tertiary/aromatic N) is 1. The minimum atomic E-state index is -0.755. The van der Waals surface area contributed by atoms with Crippen molar-refractivity contribution in [1.82, 2.24) is 0 Å². The number of benzene rings is 1. The van der Waals surface area contributed by atoms with E-state index in [9.17, 15) is 18.9 Å². The summed E-state index contributed by atoms with van der Waals surface area (Å²) >= 11 is 0. The maximum absolute atomic E-state index is 13.4. The molecule has 0 N–H and O–H groups in total. The molecule has 0 spiro atoms. The first-order valence-electron chi connectivity index (χ1n) is 4.93. The lowest BCUT2D eigenvalue weighted by molar-refractivity contribution is -0.401. The van der Waals surface area contributed by atoms with Gasteiger partial charge in [-0.15, -0.1) is 0 Å². The van der Waals surface area contributed by atoms with Crippen molar-refractivity contribution < 1.29 is 18.1 Å². The summed E-state index contributed by atoms with van der Waals surface area (Å²) in [5.41, 5.74) is 0.0946. The van der Waals surface area contributed by atoms with Gasteiger partial charge in [0, 0.05) is 6.07 Å². The predicted octanol–water partition coefficient (Wildman–Crippen LogP) is 3.47. The second-order valence-corrected chi connectivity index (χ2v) is 3.43. The number of nitro groups is 1. The van der Waals surface area contributed by atoms with Gasteiger partial charge in [-0.2, -0.15) is 0 Å². The Morgan fingerprint density at radius 1 is 1.22 bits per heavy atom. The van der Waals surface area contributed by atoms with Gasteiger partial charge in [0.25, 0.3) is 0 Å². The molecule has 4 nitrogen and oxygen atoms in total. The zero-order chi connectivity index (χ0) is 13.1. The van der Waals surface area contributed by atoms with Crippen molar-refractivity contribution in [2.75, 3.05) is 0 Å². The number of rotatable bonds is 3. The predicted molar refractivity (Wildman–Crippen MR) is 60.1 cm³/mol. The van der Waals surface area contributed by atoms with Gasteiger partial charge in [0.2, 0.25) is 6.20 Å². The molecule has 0 unspecified atom stereocenters. The lowest BCUT2D eigenvalue weighted by Crippen LogP contribution is -1.84.